The summed E-state index contributed by atoms with van der Waals surface area (Å²) < 4.78 is 31.3. The summed E-state index contributed by atoms with van der Waals surface area (Å²) in [5.74, 6) is 0.406. The van der Waals surface area contributed by atoms with Gasteiger partial charge >= 0.3 is 6.03 Å². The standard InChI is InChI=1S/C16H20N4O5S/c1-9-6-12(10-4-5-10)18-14(17-9)19-15(21)20-26(23,24)13-7-11(8-25-13)16(2,3)22/h6-8,10,22H,4-5H2,1-3H3,(H2,17,18,19,20,21). The van der Waals surface area contributed by atoms with Crippen LogP contribution in [0.5, 0.6) is 0 Å². The molecule has 0 spiro atoms. The van der Waals surface area contributed by atoms with E-state index in [9.17, 15) is 18.3 Å². The molecule has 2 aromatic heterocycles. The van der Waals surface area contributed by atoms with Crippen LogP contribution in [0.3, 0.4) is 0 Å². The van der Waals surface area contributed by atoms with Gasteiger partial charge in [0.05, 0.1) is 11.9 Å². The molecule has 26 heavy (non-hydrogen) atoms. The summed E-state index contributed by atoms with van der Waals surface area (Å²) in [7, 11) is -4.24. The highest BCUT2D eigenvalue weighted by Gasteiger charge is 2.28. The fraction of sp³-hybridized carbons (Fsp3) is 0.438. The van der Waals surface area contributed by atoms with E-state index in [-0.39, 0.29) is 11.5 Å². The predicted molar refractivity (Wildman–Crippen MR) is 92.0 cm³/mol. The van der Waals surface area contributed by atoms with Crippen LogP contribution in [0.2, 0.25) is 0 Å². The second kappa shape index (κ2) is 6.36. The molecule has 140 valence electrons. The minimum absolute atomic E-state index is 0.0382. The largest absolute Gasteiger partial charge is 0.451 e. The number of aryl methyl sites for hydroxylation is 1. The van der Waals surface area contributed by atoms with Crippen molar-refractivity contribution in [3.05, 3.63) is 35.3 Å². The smallest absolute Gasteiger partial charge is 0.335 e. The van der Waals surface area contributed by atoms with Gasteiger partial charge in [-0.2, -0.15) is 8.42 Å². The molecule has 0 atom stereocenters. The quantitative estimate of drug-likeness (QED) is 0.722. The van der Waals surface area contributed by atoms with Gasteiger partial charge in [-0.3, -0.25) is 5.32 Å². The van der Waals surface area contributed by atoms with E-state index in [0.29, 0.717) is 11.6 Å². The van der Waals surface area contributed by atoms with Crippen LogP contribution in [0.1, 0.15) is 49.6 Å². The summed E-state index contributed by atoms with van der Waals surface area (Å²) in [5.41, 5.74) is 0.514. The Morgan fingerprint density at radius 3 is 2.58 bits per heavy atom. The Bertz CT molecular complexity index is 942. The number of carbonyl (C=O) groups is 1. The molecule has 10 heteroatoms. The minimum Gasteiger partial charge on any atom is -0.451 e. The Kier molecular flexibility index (Phi) is 4.49. The van der Waals surface area contributed by atoms with E-state index in [1.807, 2.05) is 10.8 Å². The predicted octanol–water partition coefficient (Wildman–Crippen LogP) is 1.99. The lowest BCUT2D eigenvalue weighted by molar-refractivity contribution is 0.0779. The lowest BCUT2D eigenvalue weighted by Gasteiger charge is -2.13. The molecule has 0 saturated heterocycles. The van der Waals surface area contributed by atoms with Crippen LogP contribution in [-0.2, 0) is 15.6 Å². The van der Waals surface area contributed by atoms with Crippen LogP contribution in [0, 0.1) is 6.92 Å². The topological polar surface area (TPSA) is 134 Å². The van der Waals surface area contributed by atoms with Crippen molar-refractivity contribution in [2.24, 2.45) is 0 Å². The first-order chi connectivity index (χ1) is 12.0. The van der Waals surface area contributed by atoms with Crippen LogP contribution in [0.4, 0.5) is 10.7 Å². The fourth-order valence-corrected chi connectivity index (χ4v) is 3.17. The Morgan fingerprint density at radius 2 is 2.00 bits per heavy atom. The average Bonchev–Trinajstić information content (AvgIpc) is 3.20. The summed E-state index contributed by atoms with van der Waals surface area (Å²) in [5, 5.41) is 11.7. The van der Waals surface area contributed by atoms with Crippen LogP contribution < -0.4 is 10.0 Å². The van der Waals surface area contributed by atoms with E-state index < -0.39 is 26.7 Å². The number of urea groups is 1. The van der Waals surface area contributed by atoms with Crippen molar-refractivity contribution in [2.45, 2.75) is 50.2 Å². The van der Waals surface area contributed by atoms with Gasteiger partial charge in [-0.1, -0.05) is 0 Å². The lowest BCUT2D eigenvalue weighted by Crippen LogP contribution is -2.34. The summed E-state index contributed by atoms with van der Waals surface area (Å²) >= 11 is 0. The highest BCUT2D eigenvalue weighted by atomic mass is 32.2. The first-order valence-electron chi connectivity index (χ1n) is 8.05. The molecule has 0 aliphatic heterocycles. The number of hydrogen-bond donors (Lipinski definition) is 3. The third-order valence-corrected chi connectivity index (χ3v) is 5.07. The van der Waals surface area contributed by atoms with E-state index >= 15 is 0 Å². The molecule has 2 aromatic rings. The number of furan rings is 1. The molecule has 1 fully saturated rings. The third-order valence-electron chi connectivity index (χ3n) is 3.87. The van der Waals surface area contributed by atoms with Gasteiger partial charge in [0.2, 0.25) is 11.0 Å². The van der Waals surface area contributed by atoms with Crippen molar-refractivity contribution in [3.8, 4) is 0 Å². The zero-order chi connectivity index (χ0) is 19.1. The number of rotatable bonds is 5. The molecular weight excluding hydrogens is 360 g/mol. The SMILES string of the molecule is Cc1cc(C2CC2)nc(NC(=O)NS(=O)(=O)c2cc(C(C)(C)O)co2)n1. The maximum absolute atomic E-state index is 12.2. The van der Waals surface area contributed by atoms with Crippen LogP contribution in [0.25, 0.3) is 0 Å². The molecular formula is C16H20N4O5S. The molecule has 1 aliphatic rings. The molecule has 3 N–H and O–H groups in total. The van der Waals surface area contributed by atoms with Gasteiger partial charge in [-0.25, -0.2) is 19.5 Å². The second-order valence-corrected chi connectivity index (χ2v) is 8.42. The zero-order valence-corrected chi connectivity index (χ0v) is 15.4. The van der Waals surface area contributed by atoms with Crippen LogP contribution in [0.15, 0.2) is 27.9 Å². The van der Waals surface area contributed by atoms with Gasteiger partial charge in [0.1, 0.15) is 0 Å². The van der Waals surface area contributed by atoms with Gasteiger partial charge in [-0.05, 0) is 39.7 Å². The normalized spacial score (nSPS) is 14.9. The van der Waals surface area contributed by atoms with Crippen molar-refractivity contribution in [1.82, 2.24) is 14.7 Å². The van der Waals surface area contributed by atoms with Crippen molar-refractivity contribution < 1.29 is 22.7 Å². The van der Waals surface area contributed by atoms with Crippen molar-refractivity contribution >= 4 is 22.0 Å². The number of carbonyl (C=O) groups excluding carboxylic acids is 1. The molecule has 0 bridgehead atoms. The third kappa shape index (κ3) is 4.20. The fourth-order valence-electron chi connectivity index (χ4n) is 2.31. The molecule has 1 aliphatic carbocycles. The number of hydrogen-bond acceptors (Lipinski definition) is 7. The Hall–Kier alpha value is -2.46. The number of amides is 2. The molecule has 0 aromatic carbocycles. The van der Waals surface area contributed by atoms with Crippen molar-refractivity contribution in [3.63, 3.8) is 0 Å². The molecule has 0 radical (unpaired) electrons. The highest BCUT2D eigenvalue weighted by molar-refractivity contribution is 7.89. The van der Waals surface area contributed by atoms with Crippen molar-refractivity contribution in [1.29, 1.82) is 0 Å². The second-order valence-electron chi connectivity index (χ2n) is 6.81. The van der Waals surface area contributed by atoms with Gasteiger partial charge in [0.15, 0.2) is 0 Å². The van der Waals surface area contributed by atoms with Gasteiger partial charge in [-0.15, -0.1) is 0 Å². The number of aromatic nitrogens is 2. The van der Waals surface area contributed by atoms with E-state index in [1.54, 1.807) is 6.92 Å². The average molecular weight is 380 g/mol. The van der Waals surface area contributed by atoms with Crippen LogP contribution >= 0.6 is 0 Å². The highest BCUT2D eigenvalue weighted by Crippen LogP contribution is 2.39. The first kappa shape index (κ1) is 18.3. The summed E-state index contributed by atoms with van der Waals surface area (Å²) in [6, 6.07) is 2.00. The number of sulfonamides is 1. The number of anilines is 1. The summed E-state index contributed by atoms with van der Waals surface area (Å²) in [6.45, 7) is 4.75. The molecule has 2 amide bonds. The van der Waals surface area contributed by atoms with Gasteiger partial charge in [0.25, 0.3) is 10.0 Å². The Balaban J connectivity index is 1.72. The Labute approximate surface area is 150 Å². The maximum atomic E-state index is 12.2. The lowest BCUT2D eigenvalue weighted by atomic mass is 10.0. The van der Waals surface area contributed by atoms with Gasteiger partial charge in [0, 0.05) is 28.9 Å². The zero-order valence-electron chi connectivity index (χ0n) is 14.6. The Morgan fingerprint density at radius 1 is 1.31 bits per heavy atom. The van der Waals surface area contributed by atoms with Crippen molar-refractivity contribution in [2.75, 3.05) is 5.32 Å². The van der Waals surface area contributed by atoms with Gasteiger partial charge < -0.3 is 9.52 Å². The van der Waals surface area contributed by atoms with E-state index in [4.69, 9.17) is 4.42 Å². The number of nitrogens with zero attached hydrogens (tertiary/aromatic N) is 2. The summed E-state index contributed by atoms with van der Waals surface area (Å²) in [6.07, 6.45) is 3.20. The molecule has 2 heterocycles. The molecule has 0 unspecified atom stereocenters. The van der Waals surface area contributed by atoms with E-state index in [2.05, 4.69) is 15.3 Å². The van der Waals surface area contributed by atoms with Crippen LogP contribution in [-0.4, -0.2) is 29.5 Å². The maximum Gasteiger partial charge on any atom is 0.335 e. The van der Waals surface area contributed by atoms with E-state index in [1.165, 1.54) is 13.8 Å². The molecule has 3 rings (SSSR count). The number of aliphatic hydroxyl groups is 1. The van der Waals surface area contributed by atoms with E-state index in [0.717, 1.165) is 30.9 Å². The first-order valence-corrected chi connectivity index (χ1v) is 9.54. The molecule has 1 saturated carbocycles. The summed E-state index contributed by atoms with van der Waals surface area (Å²) in [4.78, 5) is 20.4. The molecule has 9 nitrogen and oxygen atoms in total. The number of nitrogens with one attached hydrogen (secondary N) is 2. The monoisotopic (exact) mass is 380 g/mol. The minimum atomic E-state index is -4.24.